The predicted octanol–water partition coefficient (Wildman–Crippen LogP) is 4.53. The normalized spacial score (nSPS) is 45.7. The van der Waals surface area contributed by atoms with E-state index in [1.54, 1.807) is 0 Å². The largest absolute Gasteiger partial charge is 0.508 e. The van der Waals surface area contributed by atoms with Crippen LogP contribution in [0.3, 0.4) is 0 Å². The molecule has 3 fully saturated rings. The Balaban J connectivity index is 1.59. The Morgan fingerprint density at radius 3 is 2.80 bits per heavy atom. The lowest BCUT2D eigenvalue weighted by Gasteiger charge is -2.55. The number of hydrogen-bond donors (Lipinski definition) is 0. The molecule has 0 bridgehead atoms. The molecule has 4 aliphatic rings. The minimum atomic E-state index is -0.540. The molecule has 0 aromatic heterocycles. The summed E-state index contributed by atoms with van der Waals surface area (Å²) < 4.78 is 10.4. The maximum absolute atomic E-state index is 11.9. The summed E-state index contributed by atoms with van der Waals surface area (Å²) in [6, 6.07) is 0. The lowest BCUT2D eigenvalue weighted by atomic mass is 9.49. The van der Waals surface area contributed by atoms with Crippen LogP contribution >= 0.6 is 0 Å². The Bertz CT molecular complexity index is 609. The van der Waals surface area contributed by atoms with Gasteiger partial charge in [-0.05, 0) is 74.2 Å². The Morgan fingerprint density at radius 2 is 2.04 bits per heavy atom. The molecule has 4 nitrogen and oxygen atoms in total. The Morgan fingerprint density at radius 1 is 1.24 bits per heavy atom. The second-order valence-corrected chi connectivity index (χ2v) is 9.04. The molecule has 0 saturated heterocycles. The zero-order valence-electron chi connectivity index (χ0n) is 15.6. The van der Waals surface area contributed by atoms with E-state index in [1.165, 1.54) is 19.1 Å². The molecule has 0 spiro atoms. The average molecular weight is 346 g/mol. The molecule has 0 amide bonds. The number of rotatable bonds is 1. The molecule has 0 aliphatic heterocycles. The van der Waals surface area contributed by atoms with Crippen LogP contribution in [0.1, 0.15) is 58.8 Å². The first-order valence-electron chi connectivity index (χ1n) is 9.92. The molecule has 4 rings (SSSR count). The van der Waals surface area contributed by atoms with Gasteiger partial charge in [-0.15, -0.1) is 0 Å². The second-order valence-electron chi connectivity index (χ2n) is 9.04. The van der Waals surface area contributed by atoms with Crippen LogP contribution in [-0.2, 0) is 14.3 Å². The van der Waals surface area contributed by atoms with Crippen molar-refractivity contribution in [3.63, 3.8) is 0 Å². The highest BCUT2D eigenvalue weighted by Gasteiger charge is 2.59. The van der Waals surface area contributed by atoms with Crippen molar-refractivity contribution in [1.82, 2.24) is 0 Å². The molecule has 7 unspecified atom stereocenters. The highest BCUT2D eigenvalue weighted by molar-refractivity contribution is 5.91. The van der Waals surface area contributed by atoms with Gasteiger partial charge in [0.2, 0.25) is 0 Å². The van der Waals surface area contributed by atoms with Gasteiger partial charge in [0.1, 0.15) is 6.10 Å². The van der Waals surface area contributed by atoms with Gasteiger partial charge in [-0.3, -0.25) is 4.79 Å². The van der Waals surface area contributed by atoms with Crippen LogP contribution in [0.2, 0.25) is 0 Å². The fourth-order valence-electron chi connectivity index (χ4n) is 6.90. The molecule has 3 saturated carbocycles. The summed E-state index contributed by atoms with van der Waals surface area (Å²) in [7, 11) is 1.38. The second kappa shape index (κ2) is 6.14. The number of ether oxygens (including phenoxy) is 2. The summed E-state index contributed by atoms with van der Waals surface area (Å²) in [6.45, 7) is 4.70. The maximum Gasteiger partial charge on any atom is 0.508 e. The molecule has 138 valence electrons. The number of hydrogen-bond acceptors (Lipinski definition) is 4. The van der Waals surface area contributed by atoms with Gasteiger partial charge in [-0.2, -0.15) is 0 Å². The lowest BCUT2D eigenvalue weighted by Crippen LogP contribution is -2.50. The lowest BCUT2D eigenvalue weighted by molar-refractivity contribution is -0.116. The predicted molar refractivity (Wildman–Crippen MR) is 93.9 cm³/mol. The topological polar surface area (TPSA) is 52.6 Å². The average Bonchev–Trinajstić information content (AvgIpc) is 2.90. The summed E-state index contributed by atoms with van der Waals surface area (Å²) in [5, 5.41) is 0. The monoisotopic (exact) mass is 346 g/mol. The van der Waals surface area contributed by atoms with Crippen LogP contribution in [-0.4, -0.2) is 25.2 Å². The van der Waals surface area contributed by atoms with Crippen molar-refractivity contribution in [3.8, 4) is 0 Å². The van der Waals surface area contributed by atoms with E-state index in [1.807, 2.05) is 6.08 Å². The van der Waals surface area contributed by atoms with Crippen LogP contribution in [0.15, 0.2) is 11.6 Å². The summed E-state index contributed by atoms with van der Waals surface area (Å²) in [5.41, 5.74) is 1.50. The molecular formula is C21H30O4. The minimum Gasteiger partial charge on any atom is -0.438 e. The van der Waals surface area contributed by atoms with E-state index < -0.39 is 6.16 Å². The van der Waals surface area contributed by atoms with Crippen LogP contribution in [0.4, 0.5) is 4.79 Å². The van der Waals surface area contributed by atoms with Crippen molar-refractivity contribution in [2.45, 2.75) is 64.9 Å². The Labute approximate surface area is 150 Å². The third-order valence-electron chi connectivity index (χ3n) is 7.96. The number of carbonyl (C=O) groups excluding carboxylic acids is 2. The van der Waals surface area contributed by atoms with Gasteiger partial charge in [-0.25, -0.2) is 4.79 Å². The molecular weight excluding hydrogens is 316 g/mol. The van der Waals surface area contributed by atoms with Gasteiger partial charge in [-0.1, -0.05) is 19.4 Å². The molecule has 0 N–H and O–H groups in total. The Kier molecular flexibility index (Phi) is 4.20. The van der Waals surface area contributed by atoms with Crippen molar-refractivity contribution >= 4 is 11.9 Å². The van der Waals surface area contributed by atoms with Crippen molar-refractivity contribution < 1.29 is 19.1 Å². The van der Waals surface area contributed by atoms with E-state index in [0.29, 0.717) is 35.4 Å². The van der Waals surface area contributed by atoms with E-state index in [4.69, 9.17) is 9.47 Å². The summed E-state index contributed by atoms with van der Waals surface area (Å²) in [4.78, 5) is 23.5. The van der Waals surface area contributed by atoms with Gasteiger partial charge in [0.15, 0.2) is 5.78 Å². The maximum atomic E-state index is 11.9. The first kappa shape index (κ1) is 17.1. The first-order chi connectivity index (χ1) is 11.9. The summed E-state index contributed by atoms with van der Waals surface area (Å²) >= 11 is 0. The SMILES string of the molecule is COC(=O)OC1CCC2C3C(C)CC4=CC(=O)CCC4C3CCC12C. The van der Waals surface area contributed by atoms with Crippen LogP contribution in [0.5, 0.6) is 0 Å². The van der Waals surface area contributed by atoms with Crippen LogP contribution in [0, 0.1) is 35.0 Å². The van der Waals surface area contributed by atoms with E-state index in [0.717, 1.165) is 38.5 Å². The van der Waals surface area contributed by atoms with Gasteiger partial charge in [0.05, 0.1) is 7.11 Å². The number of methoxy groups -OCH3 is 1. The van der Waals surface area contributed by atoms with E-state index in [2.05, 4.69) is 13.8 Å². The molecule has 25 heavy (non-hydrogen) atoms. The number of carbonyl (C=O) groups is 2. The quantitative estimate of drug-likeness (QED) is 0.655. The fourth-order valence-corrected chi connectivity index (χ4v) is 6.90. The highest BCUT2D eigenvalue weighted by Crippen LogP contribution is 2.63. The number of ketones is 1. The zero-order chi connectivity index (χ0) is 17.8. The van der Waals surface area contributed by atoms with Crippen molar-refractivity contribution in [2.75, 3.05) is 7.11 Å². The Hall–Kier alpha value is -1.32. The van der Waals surface area contributed by atoms with E-state index >= 15 is 0 Å². The fraction of sp³-hybridized carbons (Fsp3) is 0.810. The smallest absolute Gasteiger partial charge is 0.438 e. The standard InChI is InChI=1S/C21H30O4/c1-12-10-13-11-14(22)4-5-15(13)16-8-9-21(2)17(19(12)16)6-7-18(21)25-20(23)24-3/h11-12,15-19H,4-10H2,1-3H3. The third kappa shape index (κ3) is 2.63. The molecule has 4 aliphatic carbocycles. The highest BCUT2D eigenvalue weighted by atomic mass is 16.7. The van der Waals surface area contributed by atoms with Gasteiger partial charge in [0, 0.05) is 11.8 Å². The molecule has 7 atom stereocenters. The molecule has 0 heterocycles. The summed E-state index contributed by atoms with van der Waals surface area (Å²) in [6.07, 6.45) is 8.67. The summed E-state index contributed by atoms with van der Waals surface area (Å²) in [5.74, 6) is 3.57. The number of allylic oxidation sites excluding steroid dienone is 1. The molecule has 0 radical (unpaired) electrons. The van der Waals surface area contributed by atoms with Crippen molar-refractivity contribution in [2.24, 2.45) is 35.0 Å². The van der Waals surface area contributed by atoms with Gasteiger partial charge in [0.25, 0.3) is 0 Å². The van der Waals surface area contributed by atoms with Crippen molar-refractivity contribution in [1.29, 1.82) is 0 Å². The molecule has 4 heteroatoms. The van der Waals surface area contributed by atoms with Crippen LogP contribution < -0.4 is 0 Å². The third-order valence-corrected chi connectivity index (χ3v) is 7.96. The first-order valence-corrected chi connectivity index (χ1v) is 9.92. The van der Waals surface area contributed by atoms with E-state index in [-0.39, 0.29) is 11.5 Å². The van der Waals surface area contributed by atoms with Crippen LogP contribution in [0.25, 0.3) is 0 Å². The zero-order valence-corrected chi connectivity index (χ0v) is 15.6. The number of fused-ring (bicyclic) bond motifs is 5. The minimum absolute atomic E-state index is 0.0111. The van der Waals surface area contributed by atoms with E-state index in [9.17, 15) is 9.59 Å². The van der Waals surface area contributed by atoms with Crippen molar-refractivity contribution in [3.05, 3.63) is 11.6 Å². The van der Waals surface area contributed by atoms with Gasteiger partial charge < -0.3 is 9.47 Å². The molecule has 0 aromatic rings. The van der Waals surface area contributed by atoms with Gasteiger partial charge >= 0.3 is 6.16 Å². The molecule has 0 aromatic carbocycles.